The highest BCUT2D eigenvalue weighted by Crippen LogP contribution is 1.95. The van der Waals surface area contributed by atoms with Crippen LogP contribution in [0.5, 0.6) is 0 Å². The maximum Gasteiger partial charge on any atom is 0.130 e. The molecular formula is C4H7NOS. The van der Waals surface area contributed by atoms with Crippen LogP contribution in [0.1, 0.15) is 0 Å². The van der Waals surface area contributed by atoms with Crippen LogP contribution in [-0.2, 0) is 4.79 Å². The summed E-state index contributed by atoms with van der Waals surface area (Å²) in [5, 5.41) is 1.68. The van der Waals surface area contributed by atoms with Gasteiger partial charge in [-0.3, -0.25) is 0 Å². The predicted molar refractivity (Wildman–Crippen MR) is 31.8 cm³/mol. The lowest BCUT2D eigenvalue weighted by molar-refractivity contribution is -0.105. The quantitative estimate of drug-likeness (QED) is 0.428. The van der Waals surface area contributed by atoms with Crippen molar-refractivity contribution in [2.24, 2.45) is 5.73 Å². The average molecular weight is 117 g/mol. The van der Waals surface area contributed by atoms with E-state index in [1.807, 2.05) is 0 Å². The van der Waals surface area contributed by atoms with Crippen molar-refractivity contribution in [3.8, 4) is 0 Å². The molecule has 0 aromatic carbocycles. The van der Waals surface area contributed by atoms with Crippen LogP contribution in [0.3, 0.4) is 0 Å². The Bertz CT molecular complexity index is 72.1. The van der Waals surface area contributed by atoms with Crippen molar-refractivity contribution < 1.29 is 4.79 Å². The molecular weight excluding hydrogens is 110 g/mol. The van der Waals surface area contributed by atoms with E-state index in [0.29, 0.717) is 5.75 Å². The van der Waals surface area contributed by atoms with Gasteiger partial charge in [0, 0.05) is 6.20 Å². The summed E-state index contributed by atoms with van der Waals surface area (Å²) in [6, 6.07) is 0. The first kappa shape index (κ1) is 6.56. The van der Waals surface area contributed by atoms with Gasteiger partial charge in [-0.25, -0.2) is 0 Å². The van der Waals surface area contributed by atoms with Gasteiger partial charge in [-0.05, 0) is 5.41 Å². The number of carbonyl (C=O) groups excluding carboxylic acids is 1. The van der Waals surface area contributed by atoms with Crippen LogP contribution >= 0.6 is 11.8 Å². The van der Waals surface area contributed by atoms with E-state index in [4.69, 9.17) is 5.73 Å². The molecule has 0 aromatic rings. The van der Waals surface area contributed by atoms with Gasteiger partial charge in [-0.2, -0.15) is 0 Å². The number of rotatable bonds is 3. The van der Waals surface area contributed by atoms with E-state index < -0.39 is 0 Å². The van der Waals surface area contributed by atoms with Crippen LogP contribution in [-0.4, -0.2) is 12.0 Å². The first-order chi connectivity index (χ1) is 3.41. The Hall–Kier alpha value is -0.440. The molecule has 0 aliphatic heterocycles. The molecule has 0 fully saturated rings. The van der Waals surface area contributed by atoms with Gasteiger partial charge in [-0.15, -0.1) is 11.8 Å². The van der Waals surface area contributed by atoms with E-state index in [0.717, 1.165) is 6.29 Å². The van der Waals surface area contributed by atoms with E-state index in [2.05, 4.69) is 0 Å². The van der Waals surface area contributed by atoms with E-state index in [1.165, 1.54) is 18.0 Å². The summed E-state index contributed by atoms with van der Waals surface area (Å²) in [7, 11) is 0. The molecule has 0 amide bonds. The minimum Gasteiger partial charge on any atom is -0.404 e. The summed E-state index contributed by atoms with van der Waals surface area (Å²) < 4.78 is 0. The Morgan fingerprint density at radius 3 is 2.86 bits per heavy atom. The van der Waals surface area contributed by atoms with Gasteiger partial charge in [0.25, 0.3) is 0 Å². The van der Waals surface area contributed by atoms with Crippen molar-refractivity contribution in [2.75, 3.05) is 5.75 Å². The summed E-state index contributed by atoms with van der Waals surface area (Å²) in [6.45, 7) is 0. The third-order valence-corrected chi connectivity index (χ3v) is 1.02. The van der Waals surface area contributed by atoms with Crippen LogP contribution in [0.2, 0.25) is 0 Å². The van der Waals surface area contributed by atoms with Crippen LogP contribution in [0.15, 0.2) is 11.6 Å². The number of nitrogens with two attached hydrogens (primary N) is 1. The van der Waals surface area contributed by atoms with Crippen LogP contribution in [0, 0.1) is 0 Å². The summed E-state index contributed by atoms with van der Waals surface area (Å²) in [6.07, 6.45) is 2.25. The summed E-state index contributed by atoms with van der Waals surface area (Å²) in [4.78, 5) is 9.58. The van der Waals surface area contributed by atoms with E-state index >= 15 is 0 Å². The monoisotopic (exact) mass is 117 g/mol. The molecule has 2 N–H and O–H groups in total. The Balaban J connectivity index is 2.82. The van der Waals surface area contributed by atoms with Crippen LogP contribution in [0.25, 0.3) is 0 Å². The molecule has 3 heteroatoms. The van der Waals surface area contributed by atoms with Gasteiger partial charge < -0.3 is 10.5 Å². The highest BCUT2D eigenvalue weighted by Gasteiger charge is 1.72. The largest absolute Gasteiger partial charge is 0.404 e. The molecule has 0 spiro atoms. The molecule has 0 rings (SSSR count). The lowest BCUT2D eigenvalue weighted by Crippen LogP contribution is -1.76. The van der Waals surface area contributed by atoms with Gasteiger partial charge in [0.05, 0.1) is 5.75 Å². The second-order valence-corrected chi connectivity index (χ2v) is 1.77. The molecule has 0 aromatic heterocycles. The molecule has 0 saturated heterocycles. The van der Waals surface area contributed by atoms with Crippen molar-refractivity contribution in [1.82, 2.24) is 0 Å². The van der Waals surface area contributed by atoms with E-state index in [9.17, 15) is 4.79 Å². The van der Waals surface area contributed by atoms with Gasteiger partial charge in [0.1, 0.15) is 6.29 Å². The first-order valence-corrected chi connectivity index (χ1v) is 2.88. The Kier molecular flexibility index (Phi) is 5.21. The molecule has 0 unspecified atom stereocenters. The maximum absolute atomic E-state index is 9.58. The van der Waals surface area contributed by atoms with Crippen molar-refractivity contribution in [3.63, 3.8) is 0 Å². The second-order valence-electron chi connectivity index (χ2n) is 0.829. The molecule has 0 saturated carbocycles. The maximum atomic E-state index is 9.58. The van der Waals surface area contributed by atoms with E-state index in [1.54, 1.807) is 5.41 Å². The molecule has 40 valence electrons. The smallest absolute Gasteiger partial charge is 0.130 e. The topological polar surface area (TPSA) is 43.1 Å². The van der Waals surface area contributed by atoms with Crippen molar-refractivity contribution in [1.29, 1.82) is 0 Å². The summed E-state index contributed by atoms with van der Waals surface area (Å²) >= 11 is 1.38. The summed E-state index contributed by atoms with van der Waals surface area (Å²) in [5.41, 5.74) is 4.95. The van der Waals surface area contributed by atoms with Gasteiger partial charge in [-0.1, -0.05) is 0 Å². The standard InChI is InChI=1S/C4H7NOS/c5-1-3-7-4-2-6/h1-3H,4-5H2/b3-1-. The Morgan fingerprint density at radius 2 is 2.43 bits per heavy atom. The number of thioether (sulfide) groups is 1. The zero-order valence-electron chi connectivity index (χ0n) is 3.83. The normalized spacial score (nSPS) is 9.71. The van der Waals surface area contributed by atoms with Gasteiger partial charge in [0.2, 0.25) is 0 Å². The van der Waals surface area contributed by atoms with Gasteiger partial charge >= 0.3 is 0 Å². The lowest BCUT2D eigenvalue weighted by Gasteiger charge is -1.76. The fourth-order valence-corrected chi connectivity index (χ4v) is 0.451. The number of aldehydes is 1. The molecule has 2 nitrogen and oxygen atoms in total. The van der Waals surface area contributed by atoms with Crippen molar-refractivity contribution >= 4 is 18.0 Å². The number of hydrogen-bond acceptors (Lipinski definition) is 3. The number of carbonyl (C=O) groups is 1. The third kappa shape index (κ3) is 5.56. The zero-order valence-corrected chi connectivity index (χ0v) is 4.65. The molecule has 0 aliphatic rings. The highest BCUT2D eigenvalue weighted by atomic mass is 32.2. The predicted octanol–water partition coefficient (Wildman–Crippen LogP) is 0.348. The average Bonchev–Trinajstić information content (AvgIpc) is 1.69. The fraction of sp³-hybridized carbons (Fsp3) is 0.250. The minimum atomic E-state index is 0.494. The Labute approximate surface area is 46.8 Å². The fourth-order valence-electron chi connectivity index (χ4n) is 0.150. The highest BCUT2D eigenvalue weighted by molar-refractivity contribution is 8.02. The zero-order chi connectivity index (χ0) is 5.54. The first-order valence-electron chi connectivity index (χ1n) is 1.83. The van der Waals surface area contributed by atoms with Crippen molar-refractivity contribution in [3.05, 3.63) is 11.6 Å². The van der Waals surface area contributed by atoms with Crippen LogP contribution < -0.4 is 5.73 Å². The van der Waals surface area contributed by atoms with E-state index in [-0.39, 0.29) is 0 Å². The SMILES string of the molecule is N/C=C\SCC=O. The molecule has 0 bridgehead atoms. The summed E-state index contributed by atoms with van der Waals surface area (Å²) in [5.74, 6) is 0.494. The van der Waals surface area contributed by atoms with Crippen molar-refractivity contribution in [2.45, 2.75) is 0 Å². The number of hydrogen-bond donors (Lipinski definition) is 1. The molecule has 0 heterocycles. The molecule has 0 atom stereocenters. The third-order valence-electron chi connectivity index (χ3n) is 0.339. The Morgan fingerprint density at radius 1 is 1.71 bits per heavy atom. The second kappa shape index (κ2) is 5.56. The lowest BCUT2D eigenvalue weighted by atomic mass is 10.9. The molecule has 7 heavy (non-hydrogen) atoms. The van der Waals surface area contributed by atoms with Crippen LogP contribution in [0.4, 0.5) is 0 Å². The minimum absolute atomic E-state index is 0.494. The van der Waals surface area contributed by atoms with Gasteiger partial charge in [0.15, 0.2) is 0 Å². The molecule has 0 radical (unpaired) electrons. The molecule has 0 aliphatic carbocycles.